The first kappa shape index (κ1) is 19.3. The van der Waals surface area contributed by atoms with Gasteiger partial charge in [-0.1, -0.05) is 6.07 Å². The summed E-state index contributed by atoms with van der Waals surface area (Å²) in [6.45, 7) is 4.60. The van der Waals surface area contributed by atoms with Crippen molar-refractivity contribution in [3.63, 3.8) is 0 Å². The average Bonchev–Trinajstić information content (AvgIpc) is 2.69. The maximum atomic E-state index is 13.6. The van der Waals surface area contributed by atoms with Crippen LogP contribution in [0.1, 0.15) is 30.5 Å². The van der Waals surface area contributed by atoms with Gasteiger partial charge in [0.25, 0.3) is 11.5 Å². The fourth-order valence-electron chi connectivity index (χ4n) is 4.81. The highest BCUT2D eigenvalue weighted by Gasteiger charge is 2.40. The summed E-state index contributed by atoms with van der Waals surface area (Å²) in [6.07, 6.45) is 0.200. The number of hydrogen-bond acceptors (Lipinski definition) is 5. The number of benzene rings is 1. The lowest BCUT2D eigenvalue weighted by atomic mass is 9.84. The minimum Gasteiger partial charge on any atom is -0.479 e. The topological polar surface area (TPSA) is 97.7 Å². The Kier molecular flexibility index (Phi) is 4.30. The van der Waals surface area contributed by atoms with Gasteiger partial charge < -0.3 is 14.6 Å². The number of rotatable bonds is 2. The molecular weight excluding hydrogens is 406 g/mol. The third-order valence-electron chi connectivity index (χ3n) is 6.27. The van der Waals surface area contributed by atoms with Crippen molar-refractivity contribution in [3.8, 4) is 5.75 Å². The van der Waals surface area contributed by atoms with Crippen molar-refractivity contribution in [3.05, 3.63) is 51.9 Å². The van der Waals surface area contributed by atoms with Crippen LogP contribution >= 0.6 is 0 Å². The molecule has 3 aliphatic rings. The molecule has 8 nitrogen and oxygen atoms in total. The van der Waals surface area contributed by atoms with Crippen LogP contribution in [0.5, 0.6) is 5.75 Å². The Morgan fingerprint density at radius 3 is 2.73 bits per heavy atom. The fraction of sp³-hybridized carbons (Fsp3) is 0.429. The molecule has 0 spiro atoms. The first-order valence-electron chi connectivity index (χ1n) is 10.1. The second kappa shape index (κ2) is 6.68. The molecule has 1 N–H and O–H groups in total. The molecule has 0 radical (unpaired) electrons. The quantitative estimate of drug-likeness (QED) is 0.783. The van der Waals surface area contributed by atoms with Gasteiger partial charge in [0, 0.05) is 43.4 Å². The number of carbonyl (C=O) groups is 1. The van der Waals surface area contributed by atoms with E-state index in [1.54, 1.807) is 36.6 Å². The lowest BCUT2D eigenvalue weighted by Gasteiger charge is -2.42. The van der Waals surface area contributed by atoms with Gasteiger partial charge in [0.15, 0.2) is 6.10 Å². The Morgan fingerprint density at radius 2 is 1.93 bits per heavy atom. The molecule has 0 saturated carbocycles. The third kappa shape index (κ3) is 2.95. The predicted octanol–water partition coefficient (Wildman–Crippen LogP) is 1.68. The zero-order valence-electron chi connectivity index (χ0n) is 16.8. The fourth-order valence-corrected chi connectivity index (χ4v) is 6.59. The van der Waals surface area contributed by atoms with Gasteiger partial charge >= 0.3 is 0 Å². The van der Waals surface area contributed by atoms with Gasteiger partial charge in [-0.25, -0.2) is 8.42 Å². The normalized spacial score (nSPS) is 25.7. The second-order valence-corrected chi connectivity index (χ2v) is 10.3. The van der Waals surface area contributed by atoms with Crippen molar-refractivity contribution in [1.29, 1.82) is 0 Å². The number of amides is 1. The maximum absolute atomic E-state index is 13.6. The lowest BCUT2D eigenvalue weighted by molar-refractivity contribution is -0.122. The second-order valence-electron chi connectivity index (χ2n) is 8.38. The number of sulfonamides is 1. The molecule has 158 valence electrons. The lowest BCUT2D eigenvalue weighted by Crippen LogP contribution is -2.49. The highest BCUT2D eigenvalue weighted by Crippen LogP contribution is 2.39. The third-order valence-corrected chi connectivity index (χ3v) is 8.25. The minimum atomic E-state index is -3.76. The van der Waals surface area contributed by atoms with Gasteiger partial charge in [-0.05, 0) is 43.9 Å². The Morgan fingerprint density at radius 1 is 1.13 bits per heavy atom. The summed E-state index contributed by atoms with van der Waals surface area (Å²) >= 11 is 0. The molecule has 2 bridgehead atoms. The molecule has 1 amide bonds. The Bertz CT molecular complexity index is 1220. The molecule has 0 aliphatic carbocycles. The number of nitrogens with one attached hydrogen (secondary N) is 1. The van der Waals surface area contributed by atoms with Crippen LogP contribution in [0.3, 0.4) is 0 Å². The van der Waals surface area contributed by atoms with E-state index in [1.165, 1.54) is 10.4 Å². The molecule has 1 fully saturated rings. The summed E-state index contributed by atoms with van der Waals surface area (Å²) in [4.78, 5) is 24.2. The van der Waals surface area contributed by atoms with Crippen LogP contribution in [-0.2, 0) is 21.4 Å². The summed E-state index contributed by atoms with van der Waals surface area (Å²) in [5.41, 5.74) is 1.91. The summed E-state index contributed by atoms with van der Waals surface area (Å²) < 4.78 is 36.1. The van der Waals surface area contributed by atoms with Gasteiger partial charge in [0.2, 0.25) is 10.0 Å². The number of fused-ring (bicyclic) bond motifs is 5. The first-order valence-corrected chi connectivity index (χ1v) is 11.5. The Balaban J connectivity index is 1.51. The van der Waals surface area contributed by atoms with E-state index >= 15 is 0 Å². The highest BCUT2D eigenvalue weighted by atomic mass is 32.2. The highest BCUT2D eigenvalue weighted by molar-refractivity contribution is 7.89. The van der Waals surface area contributed by atoms with E-state index in [2.05, 4.69) is 5.32 Å². The number of anilines is 1. The van der Waals surface area contributed by atoms with E-state index in [1.807, 2.05) is 6.07 Å². The molecule has 3 aliphatic heterocycles. The van der Waals surface area contributed by atoms with Gasteiger partial charge in [-0.15, -0.1) is 0 Å². The number of hydrogen-bond donors (Lipinski definition) is 1. The number of piperidine rings is 1. The molecular formula is C21H23N3O5S. The van der Waals surface area contributed by atoms with E-state index in [4.69, 9.17) is 4.74 Å². The SMILES string of the molecule is Cc1cc2c(cc1S(=O)(=O)N1CC3CC(C1)c1cccc(=O)n1C3)OC(C)C(=O)N2. The van der Waals surface area contributed by atoms with E-state index in [0.717, 1.165) is 12.1 Å². The number of nitrogens with zero attached hydrogens (tertiary/aromatic N) is 2. The molecule has 1 aromatic heterocycles. The smallest absolute Gasteiger partial charge is 0.265 e. The van der Waals surface area contributed by atoms with E-state index < -0.39 is 16.1 Å². The first-order chi connectivity index (χ1) is 14.2. The molecule has 1 saturated heterocycles. The number of ether oxygens (including phenoxy) is 1. The van der Waals surface area contributed by atoms with Gasteiger partial charge in [-0.3, -0.25) is 9.59 Å². The van der Waals surface area contributed by atoms with Crippen molar-refractivity contribution >= 4 is 21.6 Å². The molecule has 1 aromatic carbocycles. The van der Waals surface area contributed by atoms with Gasteiger partial charge in [0.05, 0.1) is 10.6 Å². The molecule has 30 heavy (non-hydrogen) atoms. The minimum absolute atomic E-state index is 0.00494. The molecule has 4 heterocycles. The summed E-state index contributed by atoms with van der Waals surface area (Å²) in [7, 11) is -3.76. The van der Waals surface area contributed by atoms with E-state index in [0.29, 0.717) is 36.6 Å². The molecule has 3 unspecified atom stereocenters. The number of aryl methyl sites for hydroxylation is 1. The predicted molar refractivity (Wildman–Crippen MR) is 110 cm³/mol. The van der Waals surface area contributed by atoms with Crippen LogP contribution < -0.4 is 15.6 Å². The van der Waals surface area contributed by atoms with Crippen molar-refractivity contribution in [2.24, 2.45) is 5.92 Å². The standard InChI is InChI=1S/C21H23N3O5S/c1-12-6-16-18(29-13(2)21(26)22-16)8-19(12)30(27,28)23-9-14-7-15(11-23)17-4-3-5-20(25)24(17)10-14/h3-6,8,13-15H,7,9-11H2,1-2H3,(H,22,26). The number of pyridine rings is 1. The molecule has 2 aromatic rings. The monoisotopic (exact) mass is 429 g/mol. The van der Waals surface area contributed by atoms with Crippen LogP contribution in [0.4, 0.5) is 5.69 Å². The summed E-state index contributed by atoms with van der Waals surface area (Å²) in [6, 6.07) is 8.36. The van der Waals surface area contributed by atoms with Crippen molar-refractivity contribution < 1.29 is 17.9 Å². The van der Waals surface area contributed by atoms with Gasteiger partial charge in [-0.2, -0.15) is 4.31 Å². The number of carbonyl (C=O) groups excluding carboxylic acids is 1. The van der Waals surface area contributed by atoms with Crippen LogP contribution in [-0.4, -0.2) is 42.4 Å². The molecule has 3 atom stereocenters. The average molecular weight is 429 g/mol. The zero-order chi connectivity index (χ0) is 21.2. The summed E-state index contributed by atoms with van der Waals surface area (Å²) in [5.74, 6) is 0.199. The van der Waals surface area contributed by atoms with Crippen LogP contribution in [0, 0.1) is 12.8 Å². The Hall–Kier alpha value is -2.65. The maximum Gasteiger partial charge on any atom is 0.265 e. The molecule has 5 rings (SSSR count). The van der Waals surface area contributed by atoms with Crippen LogP contribution in [0.25, 0.3) is 0 Å². The zero-order valence-corrected chi connectivity index (χ0v) is 17.6. The molecule has 9 heteroatoms. The van der Waals surface area contributed by atoms with Crippen LogP contribution in [0.2, 0.25) is 0 Å². The van der Waals surface area contributed by atoms with Crippen molar-refractivity contribution in [1.82, 2.24) is 8.87 Å². The largest absolute Gasteiger partial charge is 0.479 e. The van der Waals surface area contributed by atoms with Crippen molar-refractivity contribution in [2.45, 2.75) is 43.7 Å². The summed E-state index contributed by atoms with van der Waals surface area (Å²) in [5, 5.41) is 2.75. The Labute approximate surface area is 174 Å². The van der Waals surface area contributed by atoms with Crippen molar-refractivity contribution in [2.75, 3.05) is 18.4 Å². The van der Waals surface area contributed by atoms with Crippen LogP contribution in [0.15, 0.2) is 40.0 Å². The number of aromatic nitrogens is 1. The van der Waals surface area contributed by atoms with E-state index in [9.17, 15) is 18.0 Å². The van der Waals surface area contributed by atoms with E-state index in [-0.39, 0.29) is 28.2 Å². The van der Waals surface area contributed by atoms with Gasteiger partial charge in [0.1, 0.15) is 5.75 Å².